The number of rotatable bonds is 4. The summed E-state index contributed by atoms with van der Waals surface area (Å²) in [4.78, 5) is 22.4. The molecular weight excluding hydrogens is 229 g/mol. The van der Waals surface area contributed by atoms with Crippen LogP contribution in [0.3, 0.4) is 0 Å². The first-order valence-electron chi connectivity index (χ1n) is 5.41. The molecule has 0 rings (SSSR count). The van der Waals surface area contributed by atoms with Crippen LogP contribution in [0.1, 0.15) is 34.6 Å². The first-order valence-corrected chi connectivity index (χ1v) is 5.41. The van der Waals surface area contributed by atoms with Crippen molar-refractivity contribution in [3.05, 3.63) is 0 Å². The third-order valence-corrected chi connectivity index (χ3v) is 1.66. The SMILES string of the molecule is CCOC(=O)C(C)(F)CNC(=O)OC(C)(C)C. The maximum atomic E-state index is 13.7. The van der Waals surface area contributed by atoms with Crippen molar-refractivity contribution < 1.29 is 23.5 Å². The molecule has 0 saturated heterocycles. The second-order valence-electron chi connectivity index (χ2n) is 4.77. The summed E-state index contributed by atoms with van der Waals surface area (Å²) in [7, 11) is 0. The van der Waals surface area contributed by atoms with Crippen LogP contribution in [0.4, 0.5) is 9.18 Å². The number of alkyl halides is 1. The summed E-state index contributed by atoms with van der Waals surface area (Å²) in [5.74, 6) is -1.00. The molecule has 6 heteroatoms. The lowest BCUT2D eigenvalue weighted by atomic mass is 10.1. The maximum Gasteiger partial charge on any atom is 0.407 e. The molecule has 1 atom stereocenters. The summed E-state index contributed by atoms with van der Waals surface area (Å²) in [5, 5.41) is 2.18. The molecule has 100 valence electrons. The number of ether oxygens (including phenoxy) is 2. The van der Waals surface area contributed by atoms with Crippen LogP contribution >= 0.6 is 0 Å². The molecule has 1 N–H and O–H groups in total. The third kappa shape index (κ3) is 6.76. The van der Waals surface area contributed by atoms with Crippen LogP contribution in [0.2, 0.25) is 0 Å². The minimum atomic E-state index is -2.26. The molecule has 0 bridgehead atoms. The highest BCUT2D eigenvalue weighted by Gasteiger charge is 2.35. The zero-order chi connectivity index (χ0) is 13.7. The van der Waals surface area contributed by atoms with Crippen LogP contribution in [0.25, 0.3) is 0 Å². The van der Waals surface area contributed by atoms with E-state index in [0.29, 0.717) is 0 Å². The lowest BCUT2D eigenvalue weighted by molar-refractivity contribution is -0.155. The van der Waals surface area contributed by atoms with E-state index in [4.69, 9.17) is 4.74 Å². The van der Waals surface area contributed by atoms with Crippen LogP contribution < -0.4 is 5.32 Å². The molecule has 0 aliphatic carbocycles. The van der Waals surface area contributed by atoms with E-state index in [1.807, 2.05) is 0 Å². The zero-order valence-electron chi connectivity index (χ0n) is 10.9. The Balaban J connectivity index is 4.18. The lowest BCUT2D eigenvalue weighted by Crippen LogP contribution is -2.45. The first-order chi connectivity index (χ1) is 7.58. The van der Waals surface area contributed by atoms with Gasteiger partial charge in [0, 0.05) is 0 Å². The molecule has 0 spiro atoms. The molecule has 0 saturated carbocycles. The fourth-order valence-electron chi connectivity index (χ4n) is 0.906. The van der Waals surface area contributed by atoms with E-state index in [-0.39, 0.29) is 6.61 Å². The van der Waals surface area contributed by atoms with Crippen molar-refractivity contribution in [2.24, 2.45) is 0 Å². The number of carbonyl (C=O) groups is 2. The molecule has 0 aromatic heterocycles. The molecular formula is C11H20FNO4. The van der Waals surface area contributed by atoms with E-state index < -0.39 is 29.9 Å². The van der Waals surface area contributed by atoms with Crippen molar-refractivity contribution in [2.45, 2.75) is 45.9 Å². The van der Waals surface area contributed by atoms with Gasteiger partial charge in [-0.15, -0.1) is 0 Å². The van der Waals surface area contributed by atoms with Crippen molar-refractivity contribution in [2.75, 3.05) is 13.2 Å². The summed E-state index contributed by atoms with van der Waals surface area (Å²) < 4.78 is 23.2. The van der Waals surface area contributed by atoms with E-state index in [1.165, 1.54) is 0 Å². The Morgan fingerprint density at radius 1 is 1.24 bits per heavy atom. The number of nitrogens with one attached hydrogen (secondary N) is 1. The molecule has 17 heavy (non-hydrogen) atoms. The molecule has 0 aliphatic rings. The van der Waals surface area contributed by atoms with Gasteiger partial charge in [-0.05, 0) is 34.6 Å². The number of esters is 1. The maximum absolute atomic E-state index is 13.7. The number of carbonyl (C=O) groups excluding carboxylic acids is 2. The summed E-state index contributed by atoms with van der Waals surface area (Å²) >= 11 is 0. The molecule has 1 unspecified atom stereocenters. The standard InChI is InChI=1S/C11H20FNO4/c1-6-16-8(14)11(5,12)7-13-9(15)17-10(2,3)4/h6-7H2,1-5H3,(H,13,15). The average Bonchev–Trinajstić information content (AvgIpc) is 2.12. The van der Waals surface area contributed by atoms with Crippen LogP contribution in [-0.2, 0) is 14.3 Å². The Labute approximate surface area is 101 Å². The van der Waals surface area contributed by atoms with Gasteiger partial charge in [0.25, 0.3) is 0 Å². The monoisotopic (exact) mass is 249 g/mol. The van der Waals surface area contributed by atoms with Crippen molar-refractivity contribution in [3.63, 3.8) is 0 Å². The van der Waals surface area contributed by atoms with Crippen LogP contribution in [0.15, 0.2) is 0 Å². The van der Waals surface area contributed by atoms with E-state index in [0.717, 1.165) is 6.92 Å². The van der Waals surface area contributed by atoms with Gasteiger partial charge in [-0.1, -0.05) is 0 Å². The van der Waals surface area contributed by atoms with Gasteiger partial charge in [-0.25, -0.2) is 14.0 Å². The minimum Gasteiger partial charge on any atom is -0.464 e. The molecule has 1 amide bonds. The van der Waals surface area contributed by atoms with Gasteiger partial charge in [-0.3, -0.25) is 0 Å². The van der Waals surface area contributed by atoms with E-state index >= 15 is 0 Å². The minimum absolute atomic E-state index is 0.0881. The van der Waals surface area contributed by atoms with Crippen LogP contribution in [0.5, 0.6) is 0 Å². The van der Waals surface area contributed by atoms with Crippen molar-refractivity contribution in [1.29, 1.82) is 0 Å². The van der Waals surface area contributed by atoms with Crippen LogP contribution in [0, 0.1) is 0 Å². The Hall–Kier alpha value is -1.33. The van der Waals surface area contributed by atoms with E-state index in [2.05, 4.69) is 10.1 Å². The molecule has 0 aromatic rings. The van der Waals surface area contributed by atoms with Crippen LogP contribution in [-0.4, -0.2) is 36.5 Å². The Morgan fingerprint density at radius 2 is 1.76 bits per heavy atom. The lowest BCUT2D eigenvalue weighted by Gasteiger charge is -2.22. The largest absolute Gasteiger partial charge is 0.464 e. The third-order valence-electron chi connectivity index (χ3n) is 1.66. The number of alkyl carbamates (subject to hydrolysis) is 1. The molecule has 0 aromatic carbocycles. The highest BCUT2D eigenvalue weighted by Crippen LogP contribution is 2.12. The van der Waals surface area contributed by atoms with Gasteiger partial charge in [0.1, 0.15) is 5.60 Å². The fraction of sp³-hybridized carbons (Fsp3) is 0.818. The molecule has 0 heterocycles. The number of hydrogen-bond donors (Lipinski definition) is 1. The van der Waals surface area contributed by atoms with Gasteiger partial charge in [0.15, 0.2) is 0 Å². The van der Waals surface area contributed by atoms with Crippen molar-refractivity contribution >= 4 is 12.1 Å². The summed E-state index contributed by atoms with van der Waals surface area (Å²) in [5.41, 5.74) is -2.92. The summed E-state index contributed by atoms with van der Waals surface area (Å²) in [6.07, 6.45) is -0.773. The predicted molar refractivity (Wildman–Crippen MR) is 60.4 cm³/mol. The normalized spacial score (nSPS) is 14.7. The number of amides is 1. The average molecular weight is 249 g/mol. The fourth-order valence-corrected chi connectivity index (χ4v) is 0.906. The summed E-state index contributed by atoms with van der Waals surface area (Å²) in [6, 6.07) is 0. The molecule has 0 radical (unpaired) electrons. The highest BCUT2D eigenvalue weighted by atomic mass is 19.1. The second-order valence-corrected chi connectivity index (χ2v) is 4.77. The van der Waals surface area contributed by atoms with Crippen molar-refractivity contribution in [3.8, 4) is 0 Å². The number of halogens is 1. The summed E-state index contributed by atoms with van der Waals surface area (Å²) in [6.45, 7) is 7.29. The Bertz CT molecular complexity index is 284. The number of hydrogen-bond acceptors (Lipinski definition) is 4. The zero-order valence-corrected chi connectivity index (χ0v) is 10.9. The van der Waals surface area contributed by atoms with Gasteiger partial charge < -0.3 is 14.8 Å². The highest BCUT2D eigenvalue weighted by molar-refractivity contribution is 5.80. The van der Waals surface area contributed by atoms with Crippen molar-refractivity contribution in [1.82, 2.24) is 5.32 Å². The molecule has 0 aliphatic heterocycles. The van der Waals surface area contributed by atoms with Gasteiger partial charge >= 0.3 is 12.1 Å². The van der Waals surface area contributed by atoms with Gasteiger partial charge in [0.05, 0.1) is 13.2 Å². The smallest absolute Gasteiger partial charge is 0.407 e. The first kappa shape index (κ1) is 15.7. The predicted octanol–water partition coefficient (Wildman–Crippen LogP) is 1.80. The van der Waals surface area contributed by atoms with Gasteiger partial charge in [0.2, 0.25) is 5.67 Å². The molecule has 0 fully saturated rings. The Morgan fingerprint density at radius 3 is 2.18 bits per heavy atom. The quantitative estimate of drug-likeness (QED) is 0.772. The molecule has 5 nitrogen and oxygen atoms in total. The topological polar surface area (TPSA) is 64.6 Å². The van der Waals surface area contributed by atoms with E-state index in [9.17, 15) is 14.0 Å². The van der Waals surface area contributed by atoms with E-state index in [1.54, 1.807) is 27.7 Å². The second kappa shape index (κ2) is 5.84. The Kier molecular flexibility index (Phi) is 5.38. The van der Waals surface area contributed by atoms with Gasteiger partial charge in [-0.2, -0.15) is 0 Å².